The maximum atomic E-state index is 12.4. The van der Waals surface area contributed by atoms with Gasteiger partial charge in [0.2, 0.25) is 0 Å². The summed E-state index contributed by atoms with van der Waals surface area (Å²) in [6.45, 7) is 6.83. The van der Waals surface area contributed by atoms with Crippen LogP contribution < -0.4 is 5.32 Å². The maximum Gasteiger partial charge on any atom is 0.109 e. The van der Waals surface area contributed by atoms with Gasteiger partial charge in [-0.3, -0.25) is 9.36 Å². The molecule has 118 valence electrons. The van der Waals surface area contributed by atoms with E-state index in [-0.39, 0.29) is 12.4 Å². The van der Waals surface area contributed by atoms with Crippen molar-refractivity contribution in [1.29, 1.82) is 0 Å². The zero-order chi connectivity index (χ0) is 14.5. The Morgan fingerprint density at radius 1 is 1.38 bits per heavy atom. The van der Waals surface area contributed by atoms with Gasteiger partial charge in [0.05, 0.1) is 36.4 Å². The molecule has 1 unspecified atom stereocenters. The fraction of sp³-hybridized carbons (Fsp3) is 0.571. The molecule has 0 bridgehead atoms. The predicted molar refractivity (Wildman–Crippen MR) is 84.7 cm³/mol. The minimum absolute atomic E-state index is 0. The van der Waals surface area contributed by atoms with E-state index < -0.39 is 6.67 Å². The molecule has 0 aliphatic carbocycles. The van der Waals surface area contributed by atoms with E-state index in [0.717, 1.165) is 23.5 Å². The second-order valence-corrected chi connectivity index (χ2v) is 4.93. The third-order valence-electron chi connectivity index (χ3n) is 3.62. The Labute approximate surface area is 130 Å². The van der Waals surface area contributed by atoms with E-state index in [1.807, 2.05) is 23.9 Å². The van der Waals surface area contributed by atoms with E-state index in [4.69, 9.17) is 0 Å². The summed E-state index contributed by atoms with van der Waals surface area (Å²) in [6.07, 6.45) is 4.61. The third-order valence-corrected chi connectivity index (χ3v) is 3.62. The molecule has 7 heteroatoms. The fourth-order valence-electron chi connectivity index (χ4n) is 2.16. The number of nitrogens with one attached hydrogen (secondary N) is 1. The average molecular weight is 316 g/mol. The fourth-order valence-corrected chi connectivity index (χ4v) is 2.16. The summed E-state index contributed by atoms with van der Waals surface area (Å²) >= 11 is 0. The molecule has 0 fully saturated rings. The number of rotatable bonds is 7. The standard InChI is InChI=1S/C14H22FN5.ClH/c1-4-11(2)20-13(5-7-17-20)9-16-14-10-18-19(8-6-15)12(14)3;/h5,7,10-11,16H,4,6,8-9H2,1-3H3;1H. The first kappa shape index (κ1) is 17.5. The summed E-state index contributed by atoms with van der Waals surface area (Å²) < 4.78 is 16.1. The lowest BCUT2D eigenvalue weighted by Gasteiger charge is -2.14. The summed E-state index contributed by atoms with van der Waals surface area (Å²) in [5.41, 5.74) is 3.03. The van der Waals surface area contributed by atoms with E-state index in [1.165, 1.54) is 0 Å². The number of hydrogen-bond acceptors (Lipinski definition) is 3. The highest BCUT2D eigenvalue weighted by atomic mass is 35.5. The first-order chi connectivity index (χ1) is 9.67. The molecule has 0 radical (unpaired) electrons. The molecule has 0 aromatic carbocycles. The topological polar surface area (TPSA) is 47.7 Å². The minimum atomic E-state index is -0.400. The van der Waals surface area contributed by atoms with Crippen LogP contribution in [0.2, 0.25) is 0 Å². The Bertz CT molecular complexity index is 551. The molecule has 0 amide bonds. The number of nitrogens with zero attached hydrogens (tertiary/aromatic N) is 4. The summed E-state index contributed by atoms with van der Waals surface area (Å²) in [7, 11) is 0. The lowest BCUT2D eigenvalue weighted by Crippen LogP contribution is -2.13. The van der Waals surface area contributed by atoms with Crippen molar-refractivity contribution in [2.24, 2.45) is 0 Å². The normalized spacial score (nSPS) is 12.0. The molecule has 21 heavy (non-hydrogen) atoms. The summed E-state index contributed by atoms with van der Waals surface area (Å²) in [5.74, 6) is 0. The molecule has 5 nitrogen and oxygen atoms in total. The Morgan fingerprint density at radius 2 is 2.14 bits per heavy atom. The Morgan fingerprint density at radius 3 is 2.81 bits per heavy atom. The van der Waals surface area contributed by atoms with Crippen LogP contribution in [0.25, 0.3) is 0 Å². The zero-order valence-electron chi connectivity index (χ0n) is 12.7. The van der Waals surface area contributed by atoms with Gasteiger partial charge < -0.3 is 5.32 Å². The van der Waals surface area contributed by atoms with Crippen molar-refractivity contribution in [3.63, 3.8) is 0 Å². The lowest BCUT2D eigenvalue weighted by molar-refractivity contribution is 0.423. The van der Waals surface area contributed by atoms with Crippen molar-refractivity contribution < 1.29 is 4.39 Å². The summed E-state index contributed by atoms with van der Waals surface area (Å²) in [4.78, 5) is 0. The first-order valence-electron chi connectivity index (χ1n) is 7.02. The highest BCUT2D eigenvalue weighted by Gasteiger charge is 2.10. The second-order valence-electron chi connectivity index (χ2n) is 4.93. The number of halogens is 2. The largest absolute Gasteiger partial charge is 0.377 e. The number of hydrogen-bond donors (Lipinski definition) is 1. The van der Waals surface area contributed by atoms with Crippen molar-refractivity contribution in [2.75, 3.05) is 12.0 Å². The van der Waals surface area contributed by atoms with Gasteiger partial charge in [0.25, 0.3) is 0 Å². The molecule has 2 heterocycles. The average Bonchev–Trinajstić information content (AvgIpc) is 3.05. The zero-order valence-corrected chi connectivity index (χ0v) is 13.5. The van der Waals surface area contributed by atoms with Crippen LogP contribution in [0, 0.1) is 6.92 Å². The molecule has 0 aliphatic heterocycles. The highest BCUT2D eigenvalue weighted by molar-refractivity contribution is 5.85. The third kappa shape index (κ3) is 3.97. The molecule has 0 saturated heterocycles. The van der Waals surface area contributed by atoms with Crippen molar-refractivity contribution in [3.8, 4) is 0 Å². The molecule has 1 atom stereocenters. The van der Waals surface area contributed by atoms with Gasteiger partial charge in [-0.2, -0.15) is 10.2 Å². The van der Waals surface area contributed by atoms with Crippen molar-refractivity contribution in [1.82, 2.24) is 19.6 Å². The van der Waals surface area contributed by atoms with E-state index in [0.29, 0.717) is 19.1 Å². The van der Waals surface area contributed by atoms with Gasteiger partial charge in [-0.1, -0.05) is 6.92 Å². The van der Waals surface area contributed by atoms with Crippen LogP contribution in [0.15, 0.2) is 18.5 Å². The highest BCUT2D eigenvalue weighted by Crippen LogP contribution is 2.17. The van der Waals surface area contributed by atoms with Crippen molar-refractivity contribution in [3.05, 3.63) is 29.8 Å². The summed E-state index contributed by atoms with van der Waals surface area (Å²) in [6, 6.07) is 2.40. The predicted octanol–water partition coefficient (Wildman–Crippen LogP) is 3.36. The van der Waals surface area contributed by atoms with Crippen molar-refractivity contribution in [2.45, 2.75) is 46.3 Å². The van der Waals surface area contributed by atoms with Gasteiger partial charge in [0.1, 0.15) is 6.67 Å². The van der Waals surface area contributed by atoms with Crippen LogP contribution in [-0.2, 0) is 13.1 Å². The SMILES string of the molecule is CCC(C)n1nccc1CNc1cnn(CCF)c1C.Cl. The van der Waals surface area contributed by atoms with Crippen LogP contribution >= 0.6 is 12.4 Å². The van der Waals surface area contributed by atoms with E-state index >= 15 is 0 Å². The Balaban J connectivity index is 0.00000220. The molecule has 0 aliphatic rings. The van der Waals surface area contributed by atoms with Gasteiger partial charge in [-0.05, 0) is 26.3 Å². The Hall–Kier alpha value is -1.56. The van der Waals surface area contributed by atoms with E-state index in [2.05, 4.69) is 29.4 Å². The van der Waals surface area contributed by atoms with E-state index in [9.17, 15) is 4.39 Å². The molecule has 2 aromatic heterocycles. The van der Waals surface area contributed by atoms with Crippen molar-refractivity contribution >= 4 is 18.1 Å². The lowest BCUT2D eigenvalue weighted by atomic mass is 10.2. The monoisotopic (exact) mass is 315 g/mol. The number of aromatic nitrogens is 4. The first-order valence-corrected chi connectivity index (χ1v) is 7.02. The molecule has 0 spiro atoms. The molecule has 2 rings (SSSR count). The quantitative estimate of drug-likeness (QED) is 0.852. The van der Waals surface area contributed by atoms with Gasteiger partial charge in [0.15, 0.2) is 0 Å². The maximum absolute atomic E-state index is 12.4. The van der Waals surface area contributed by atoms with Gasteiger partial charge in [-0.25, -0.2) is 4.39 Å². The van der Waals surface area contributed by atoms with Crippen LogP contribution in [0.3, 0.4) is 0 Å². The van der Waals surface area contributed by atoms with Crippen LogP contribution in [0.5, 0.6) is 0 Å². The van der Waals surface area contributed by atoms with Gasteiger partial charge >= 0.3 is 0 Å². The van der Waals surface area contributed by atoms with E-state index in [1.54, 1.807) is 10.9 Å². The number of aryl methyl sites for hydroxylation is 1. The number of alkyl halides is 1. The number of anilines is 1. The second kappa shape index (κ2) is 8.02. The minimum Gasteiger partial charge on any atom is -0.377 e. The molecule has 1 N–H and O–H groups in total. The molecular formula is C14H23ClFN5. The van der Waals surface area contributed by atoms with Gasteiger partial charge in [0, 0.05) is 12.2 Å². The van der Waals surface area contributed by atoms with Crippen LogP contribution in [0.1, 0.15) is 37.7 Å². The van der Waals surface area contributed by atoms with Crippen LogP contribution in [0.4, 0.5) is 10.1 Å². The molecule has 0 saturated carbocycles. The summed E-state index contributed by atoms with van der Waals surface area (Å²) in [5, 5.41) is 11.9. The van der Waals surface area contributed by atoms with Gasteiger partial charge in [-0.15, -0.1) is 12.4 Å². The molecule has 2 aromatic rings. The molecular weight excluding hydrogens is 293 g/mol. The smallest absolute Gasteiger partial charge is 0.109 e. The van der Waals surface area contributed by atoms with Crippen LogP contribution in [-0.4, -0.2) is 26.2 Å². The Kier molecular flexibility index (Phi) is 6.68.